The Kier molecular flexibility index (Phi) is 5.26. The zero-order valence-electron chi connectivity index (χ0n) is 13.4. The minimum Gasteiger partial charge on any atom is -0.312 e. The van der Waals surface area contributed by atoms with Gasteiger partial charge in [0, 0.05) is 31.5 Å². The standard InChI is InChI=1S/C18H29N3/c1-15-8-10-19-12-17(15)13-21-11-5-9-20-18(14-21)16-6-3-2-4-7-16/h8,10,12,16,18,20H,2-7,9,11,13-14H2,1H3. The van der Waals surface area contributed by atoms with Crippen LogP contribution < -0.4 is 5.32 Å². The van der Waals surface area contributed by atoms with E-state index in [0.717, 1.165) is 12.5 Å². The van der Waals surface area contributed by atoms with Gasteiger partial charge in [0.05, 0.1) is 0 Å². The lowest BCUT2D eigenvalue weighted by Crippen LogP contribution is -2.43. The van der Waals surface area contributed by atoms with Gasteiger partial charge < -0.3 is 5.32 Å². The largest absolute Gasteiger partial charge is 0.312 e. The molecule has 1 saturated heterocycles. The summed E-state index contributed by atoms with van der Waals surface area (Å²) in [6.07, 6.45) is 12.4. The van der Waals surface area contributed by atoms with Crippen molar-refractivity contribution >= 4 is 0 Å². The van der Waals surface area contributed by atoms with Gasteiger partial charge in [-0.25, -0.2) is 0 Å². The molecule has 3 heteroatoms. The fourth-order valence-electron chi connectivity index (χ4n) is 3.92. The zero-order valence-corrected chi connectivity index (χ0v) is 13.4. The molecule has 1 unspecified atom stereocenters. The highest BCUT2D eigenvalue weighted by Crippen LogP contribution is 2.28. The Labute approximate surface area is 129 Å². The van der Waals surface area contributed by atoms with E-state index in [1.807, 2.05) is 12.4 Å². The topological polar surface area (TPSA) is 28.2 Å². The van der Waals surface area contributed by atoms with Crippen LogP contribution in [0, 0.1) is 12.8 Å². The number of aryl methyl sites for hydroxylation is 1. The van der Waals surface area contributed by atoms with Gasteiger partial charge in [0.2, 0.25) is 0 Å². The molecular formula is C18H29N3. The summed E-state index contributed by atoms with van der Waals surface area (Å²) in [4.78, 5) is 6.94. The van der Waals surface area contributed by atoms with Crippen LogP contribution in [-0.4, -0.2) is 35.6 Å². The summed E-state index contributed by atoms with van der Waals surface area (Å²) in [5, 5.41) is 3.82. The number of hydrogen-bond acceptors (Lipinski definition) is 3. The predicted molar refractivity (Wildman–Crippen MR) is 87.2 cm³/mol. The first-order valence-electron chi connectivity index (χ1n) is 8.68. The number of pyridine rings is 1. The Hall–Kier alpha value is -0.930. The number of nitrogens with zero attached hydrogens (tertiary/aromatic N) is 2. The molecule has 1 aliphatic heterocycles. The third-order valence-electron chi connectivity index (χ3n) is 5.27. The number of hydrogen-bond donors (Lipinski definition) is 1. The van der Waals surface area contributed by atoms with Crippen molar-refractivity contribution in [1.82, 2.24) is 15.2 Å². The Bertz CT molecular complexity index is 440. The van der Waals surface area contributed by atoms with Gasteiger partial charge in [0.25, 0.3) is 0 Å². The van der Waals surface area contributed by atoms with Crippen LogP contribution in [-0.2, 0) is 6.54 Å². The Morgan fingerprint density at radius 2 is 2.10 bits per heavy atom. The average molecular weight is 287 g/mol. The lowest BCUT2D eigenvalue weighted by Gasteiger charge is -2.33. The van der Waals surface area contributed by atoms with E-state index in [0.29, 0.717) is 6.04 Å². The highest BCUT2D eigenvalue weighted by Gasteiger charge is 2.26. The van der Waals surface area contributed by atoms with Gasteiger partial charge in [-0.2, -0.15) is 0 Å². The van der Waals surface area contributed by atoms with Gasteiger partial charge in [0.15, 0.2) is 0 Å². The van der Waals surface area contributed by atoms with Crippen LogP contribution in [0.1, 0.15) is 49.7 Å². The normalized spacial score (nSPS) is 25.7. The van der Waals surface area contributed by atoms with Crippen LogP contribution in [0.25, 0.3) is 0 Å². The molecule has 1 N–H and O–H groups in total. The molecule has 3 rings (SSSR count). The second-order valence-corrected chi connectivity index (χ2v) is 6.85. The van der Waals surface area contributed by atoms with Gasteiger partial charge in [0.1, 0.15) is 0 Å². The third-order valence-corrected chi connectivity index (χ3v) is 5.27. The van der Waals surface area contributed by atoms with E-state index in [1.54, 1.807) is 0 Å². The summed E-state index contributed by atoms with van der Waals surface area (Å²) in [5.74, 6) is 0.898. The maximum Gasteiger partial charge on any atom is 0.0315 e. The number of nitrogens with one attached hydrogen (secondary N) is 1. The summed E-state index contributed by atoms with van der Waals surface area (Å²) in [6, 6.07) is 2.83. The first-order chi connectivity index (χ1) is 10.3. The molecule has 1 aliphatic carbocycles. The van der Waals surface area contributed by atoms with Crippen LogP contribution in [0.15, 0.2) is 18.5 Å². The van der Waals surface area contributed by atoms with Crippen LogP contribution in [0.2, 0.25) is 0 Å². The molecule has 1 aromatic heterocycles. The lowest BCUT2D eigenvalue weighted by molar-refractivity contribution is 0.201. The van der Waals surface area contributed by atoms with Crippen molar-refractivity contribution in [2.24, 2.45) is 5.92 Å². The van der Waals surface area contributed by atoms with Crippen molar-refractivity contribution < 1.29 is 0 Å². The minimum absolute atomic E-state index is 0.699. The van der Waals surface area contributed by atoms with Gasteiger partial charge in [-0.3, -0.25) is 9.88 Å². The van der Waals surface area contributed by atoms with Crippen LogP contribution >= 0.6 is 0 Å². The van der Waals surface area contributed by atoms with E-state index in [9.17, 15) is 0 Å². The maximum absolute atomic E-state index is 4.30. The molecule has 1 aromatic rings. The monoisotopic (exact) mass is 287 g/mol. The summed E-state index contributed by atoms with van der Waals surface area (Å²) in [6.45, 7) is 6.86. The molecule has 0 aromatic carbocycles. The quantitative estimate of drug-likeness (QED) is 0.926. The fourth-order valence-corrected chi connectivity index (χ4v) is 3.92. The van der Waals surface area contributed by atoms with Crippen LogP contribution in [0.3, 0.4) is 0 Å². The molecular weight excluding hydrogens is 258 g/mol. The molecule has 2 aliphatic rings. The van der Waals surface area contributed by atoms with Crippen molar-refractivity contribution in [1.29, 1.82) is 0 Å². The van der Waals surface area contributed by atoms with E-state index in [-0.39, 0.29) is 0 Å². The molecule has 2 fully saturated rings. The first-order valence-corrected chi connectivity index (χ1v) is 8.68. The van der Waals surface area contributed by atoms with Gasteiger partial charge in [-0.05, 0) is 62.4 Å². The molecule has 116 valence electrons. The van der Waals surface area contributed by atoms with Crippen molar-refractivity contribution in [2.75, 3.05) is 19.6 Å². The minimum atomic E-state index is 0.699. The molecule has 2 heterocycles. The fraction of sp³-hybridized carbons (Fsp3) is 0.722. The molecule has 21 heavy (non-hydrogen) atoms. The van der Waals surface area contributed by atoms with Crippen LogP contribution in [0.4, 0.5) is 0 Å². The summed E-state index contributed by atoms with van der Waals surface area (Å²) < 4.78 is 0. The highest BCUT2D eigenvalue weighted by molar-refractivity contribution is 5.21. The Morgan fingerprint density at radius 3 is 2.90 bits per heavy atom. The van der Waals surface area contributed by atoms with Crippen molar-refractivity contribution in [2.45, 2.75) is 58.0 Å². The lowest BCUT2D eigenvalue weighted by atomic mass is 9.83. The molecule has 0 bridgehead atoms. The van der Waals surface area contributed by atoms with E-state index >= 15 is 0 Å². The predicted octanol–water partition coefficient (Wildman–Crippen LogP) is 3.13. The molecule has 1 saturated carbocycles. The Morgan fingerprint density at radius 1 is 1.24 bits per heavy atom. The van der Waals surface area contributed by atoms with E-state index < -0.39 is 0 Å². The summed E-state index contributed by atoms with van der Waals surface area (Å²) in [7, 11) is 0. The molecule has 1 atom stereocenters. The number of aromatic nitrogens is 1. The Balaban J connectivity index is 1.63. The maximum atomic E-state index is 4.30. The van der Waals surface area contributed by atoms with Gasteiger partial charge in [-0.1, -0.05) is 19.3 Å². The smallest absolute Gasteiger partial charge is 0.0315 e. The second kappa shape index (κ2) is 7.37. The van der Waals surface area contributed by atoms with Crippen LogP contribution in [0.5, 0.6) is 0 Å². The average Bonchev–Trinajstić information content (AvgIpc) is 2.76. The van der Waals surface area contributed by atoms with Gasteiger partial charge in [-0.15, -0.1) is 0 Å². The van der Waals surface area contributed by atoms with Gasteiger partial charge >= 0.3 is 0 Å². The van der Waals surface area contributed by atoms with Crippen molar-refractivity contribution in [3.63, 3.8) is 0 Å². The molecule has 0 radical (unpaired) electrons. The van der Waals surface area contributed by atoms with Crippen molar-refractivity contribution in [3.8, 4) is 0 Å². The molecule has 3 nitrogen and oxygen atoms in total. The first kappa shape index (κ1) is 15.0. The second-order valence-electron chi connectivity index (χ2n) is 6.85. The molecule has 0 amide bonds. The van der Waals surface area contributed by atoms with E-state index in [2.05, 4.69) is 28.2 Å². The van der Waals surface area contributed by atoms with E-state index in [1.165, 1.54) is 69.3 Å². The zero-order chi connectivity index (χ0) is 14.5. The SMILES string of the molecule is Cc1ccncc1CN1CCCNC(C2CCCCC2)C1. The molecule has 0 spiro atoms. The van der Waals surface area contributed by atoms with E-state index in [4.69, 9.17) is 0 Å². The highest BCUT2D eigenvalue weighted by atomic mass is 15.2. The summed E-state index contributed by atoms with van der Waals surface area (Å²) >= 11 is 0. The summed E-state index contributed by atoms with van der Waals surface area (Å²) in [5.41, 5.74) is 2.76. The third kappa shape index (κ3) is 4.04. The number of rotatable bonds is 3. The van der Waals surface area contributed by atoms with Crippen molar-refractivity contribution in [3.05, 3.63) is 29.6 Å².